The summed E-state index contributed by atoms with van der Waals surface area (Å²) in [4.78, 5) is 28.5. The van der Waals surface area contributed by atoms with E-state index in [-0.39, 0.29) is 11.6 Å². The minimum absolute atomic E-state index is 0.249. The highest BCUT2D eigenvalue weighted by molar-refractivity contribution is 6.31. The Hall–Kier alpha value is -3.03. The van der Waals surface area contributed by atoms with Crippen LogP contribution in [0.5, 0.6) is 0 Å². The van der Waals surface area contributed by atoms with Crippen LogP contribution < -0.4 is 0 Å². The number of hydrogen-bond acceptors (Lipinski definition) is 5. The zero-order valence-corrected chi connectivity index (χ0v) is 18.8. The summed E-state index contributed by atoms with van der Waals surface area (Å²) in [6.07, 6.45) is 1.79. The molecule has 3 aromatic heterocycles. The molecular weight excluding hydrogens is 435 g/mol. The molecule has 9 heteroatoms. The molecule has 0 fully saturated rings. The number of rotatable bonds is 5. The van der Waals surface area contributed by atoms with Gasteiger partial charge in [0.2, 0.25) is 0 Å². The van der Waals surface area contributed by atoms with Crippen molar-refractivity contribution in [3.05, 3.63) is 69.7 Å². The van der Waals surface area contributed by atoms with E-state index in [2.05, 4.69) is 20.1 Å². The van der Waals surface area contributed by atoms with Crippen molar-refractivity contribution in [3.8, 4) is 11.5 Å². The number of halogens is 2. The van der Waals surface area contributed by atoms with Crippen LogP contribution in [-0.2, 0) is 13.1 Å². The van der Waals surface area contributed by atoms with Gasteiger partial charge in [0.1, 0.15) is 16.5 Å². The second-order valence-electron chi connectivity index (χ2n) is 7.14. The van der Waals surface area contributed by atoms with E-state index in [9.17, 15) is 4.79 Å². The Morgan fingerprint density at radius 2 is 1.94 bits per heavy atom. The normalized spacial score (nSPS) is 11.1. The van der Waals surface area contributed by atoms with Gasteiger partial charge in [-0.15, -0.1) is 0 Å². The van der Waals surface area contributed by atoms with E-state index in [1.54, 1.807) is 54.5 Å². The quantitative estimate of drug-likeness (QED) is 0.404. The monoisotopic (exact) mass is 454 g/mol. The maximum atomic E-state index is 13.4. The van der Waals surface area contributed by atoms with Gasteiger partial charge in [0, 0.05) is 41.8 Å². The number of aromatic nitrogens is 5. The highest BCUT2D eigenvalue weighted by Crippen LogP contribution is 2.25. The topological polar surface area (TPSA) is 76.8 Å². The molecule has 0 atom stereocenters. The molecule has 0 N–H and O–H groups in total. The number of pyridine rings is 1. The standard InChI is InChI=1S/C22H20Cl2N6O/c1-4-30-13(2)14(11-25-30)12-29(3)22(31)20-16-10-15(23)8-9-17(16)27-21(28-20)18-6-5-7-19(24)26-18/h5-11H,4,12H2,1-3H3. The number of aryl methyl sites for hydroxylation is 1. The molecular formula is C22H20Cl2N6O. The third-order valence-corrected chi connectivity index (χ3v) is 5.51. The lowest BCUT2D eigenvalue weighted by Gasteiger charge is -2.18. The lowest BCUT2D eigenvalue weighted by atomic mass is 10.1. The first-order valence-electron chi connectivity index (χ1n) is 9.74. The van der Waals surface area contributed by atoms with E-state index in [0.29, 0.717) is 39.1 Å². The van der Waals surface area contributed by atoms with E-state index in [1.165, 1.54) is 0 Å². The summed E-state index contributed by atoms with van der Waals surface area (Å²) in [7, 11) is 1.74. The lowest BCUT2D eigenvalue weighted by molar-refractivity contribution is 0.0781. The highest BCUT2D eigenvalue weighted by atomic mass is 35.5. The van der Waals surface area contributed by atoms with Gasteiger partial charge >= 0.3 is 0 Å². The van der Waals surface area contributed by atoms with Crippen LogP contribution in [0, 0.1) is 6.92 Å². The third kappa shape index (κ3) is 4.24. The Labute approximate surface area is 189 Å². The Morgan fingerprint density at radius 3 is 2.65 bits per heavy atom. The van der Waals surface area contributed by atoms with Crippen LogP contribution in [-0.4, -0.2) is 42.6 Å². The molecule has 7 nitrogen and oxygen atoms in total. The molecule has 1 aromatic carbocycles. The summed E-state index contributed by atoms with van der Waals surface area (Å²) in [5, 5.41) is 5.76. The van der Waals surface area contributed by atoms with Crippen LogP contribution in [0.1, 0.15) is 28.7 Å². The molecule has 158 valence electrons. The van der Waals surface area contributed by atoms with E-state index in [0.717, 1.165) is 17.8 Å². The van der Waals surface area contributed by atoms with E-state index in [1.807, 2.05) is 18.5 Å². The number of amides is 1. The van der Waals surface area contributed by atoms with Crippen molar-refractivity contribution in [2.45, 2.75) is 26.9 Å². The van der Waals surface area contributed by atoms with Gasteiger partial charge in [-0.2, -0.15) is 5.10 Å². The van der Waals surface area contributed by atoms with Crippen LogP contribution in [0.4, 0.5) is 0 Å². The fourth-order valence-corrected chi connectivity index (χ4v) is 3.71. The summed E-state index contributed by atoms with van der Waals surface area (Å²) in [6, 6.07) is 10.4. The summed E-state index contributed by atoms with van der Waals surface area (Å²) >= 11 is 12.2. The van der Waals surface area contributed by atoms with Gasteiger partial charge in [-0.05, 0) is 44.2 Å². The van der Waals surface area contributed by atoms with Crippen molar-refractivity contribution in [1.29, 1.82) is 0 Å². The van der Waals surface area contributed by atoms with Gasteiger partial charge in [0.25, 0.3) is 5.91 Å². The van der Waals surface area contributed by atoms with Crippen molar-refractivity contribution in [1.82, 2.24) is 29.6 Å². The average molecular weight is 455 g/mol. The Morgan fingerprint density at radius 1 is 1.13 bits per heavy atom. The maximum absolute atomic E-state index is 13.4. The predicted molar refractivity (Wildman–Crippen MR) is 121 cm³/mol. The molecule has 0 saturated heterocycles. The first-order chi connectivity index (χ1) is 14.9. The van der Waals surface area contributed by atoms with Crippen LogP contribution >= 0.6 is 23.2 Å². The molecule has 0 aliphatic carbocycles. The first-order valence-corrected chi connectivity index (χ1v) is 10.5. The number of carbonyl (C=O) groups is 1. The summed E-state index contributed by atoms with van der Waals surface area (Å²) in [5.41, 5.74) is 3.35. The van der Waals surface area contributed by atoms with Crippen molar-refractivity contribution >= 4 is 40.0 Å². The van der Waals surface area contributed by atoms with Gasteiger partial charge in [-0.25, -0.2) is 15.0 Å². The number of carbonyl (C=O) groups excluding carboxylic acids is 1. The fourth-order valence-electron chi connectivity index (χ4n) is 3.38. The molecule has 0 aliphatic rings. The number of fused-ring (bicyclic) bond motifs is 1. The Kier molecular flexibility index (Phi) is 5.89. The smallest absolute Gasteiger partial charge is 0.273 e. The van der Waals surface area contributed by atoms with Crippen LogP contribution in [0.25, 0.3) is 22.4 Å². The SMILES string of the molecule is CCn1ncc(CN(C)C(=O)c2nc(-c3cccc(Cl)n3)nc3ccc(Cl)cc23)c1C. The number of hydrogen-bond donors (Lipinski definition) is 0. The maximum Gasteiger partial charge on any atom is 0.273 e. The Balaban J connectivity index is 1.77. The molecule has 3 heterocycles. The Bertz CT molecular complexity index is 1290. The second-order valence-corrected chi connectivity index (χ2v) is 7.96. The molecule has 31 heavy (non-hydrogen) atoms. The van der Waals surface area contributed by atoms with Crippen molar-refractivity contribution < 1.29 is 4.79 Å². The molecule has 0 spiro atoms. The van der Waals surface area contributed by atoms with Crippen molar-refractivity contribution in [3.63, 3.8) is 0 Å². The van der Waals surface area contributed by atoms with Gasteiger partial charge < -0.3 is 4.90 Å². The second kappa shape index (κ2) is 8.61. The molecule has 0 unspecified atom stereocenters. The summed E-state index contributed by atoms with van der Waals surface area (Å²) in [6.45, 7) is 5.20. The summed E-state index contributed by atoms with van der Waals surface area (Å²) in [5.74, 6) is 0.0747. The third-order valence-electron chi connectivity index (χ3n) is 5.06. The van der Waals surface area contributed by atoms with Crippen LogP contribution in [0.3, 0.4) is 0 Å². The van der Waals surface area contributed by atoms with Crippen LogP contribution in [0.2, 0.25) is 10.2 Å². The molecule has 1 amide bonds. The minimum Gasteiger partial charge on any atom is -0.336 e. The molecule has 0 radical (unpaired) electrons. The van der Waals surface area contributed by atoms with Crippen LogP contribution in [0.15, 0.2) is 42.6 Å². The van der Waals surface area contributed by atoms with Gasteiger partial charge in [-0.1, -0.05) is 29.3 Å². The van der Waals surface area contributed by atoms with Gasteiger partial charge in [-0.3, -0.25) is 9.48 Å². The zero-order chi connectivity index (χ0) is 22.1. The first kappa shape index (κ1) is 21.2. The summed E-state index contributed by atoms with van der Waals surface area (Å²) < 4.78 is 1.90. The lowest BCUT2D eigenvalue weighted by Crippen LogP contribution is -2.28. The van der Waals surface area contributed by atoms with Gasteiger partial charge in [0.15, 0.2) is 5.82 Å². The van der Waals surface area contributed by atoms with Crippen molar-refractivity contribution in [2.75, 3.05) is 7.05 Å². The number of benzene rings is 1. The van der Waals surface area contributed by atoms with E-state index in [4.69, 9.17) is 23.2 Å². The molecule has 0 aliphatic heterocycles. The largest absolute Gasteiger partial charge is 0.336 e. The molecule has 0 saturated carbocycles. The molecule has 4 aromatic rings. The predicted octanol–water partition coefficient (Wildman–Crippen LogP) is 4.80. The molecule has 0 bridgehead atoms. The fraction of sp³-hybridized carbons (Fsp3) is 0.227. The highest BCUT2D eigenvalue weighted by Gasteiger charge is 2.21. The van der Waals surface area contributed by atoms with Crippen molar-refractivity contribution in [2.24, 2.45) is 0 Å². The zero-order valence-electron chi connectivity index (χ0n) is 17.3. The number of nitrogens with zero attached hydrogens (tertiary/aromatic N) is 6. The van der Waals surface area contributed by atoms with E-state index >= 15 is 0 Å². The minimum atomic E-state index is -0.249. The molecule has 4 rings (SSSR count). The van der Waals surface area contributed by atoms with Gasteiger partial charge in [0.05, 0.1) is 11.7 Å². The van der Waals surface area contributed by atoms with E-state index < -0.39 is 0 Å². The average Bonchev–Trinajstić information content (AvgIpc) is 3.11.